The summed E-state index contributed by atoms with van der Waals surface area (Å²) >= 11 is 2.81. The van der Waals surface area contributed by atoms with E-state index in [4.69, 9.17) is 0 Å². The van der Waals surface area contributed by atoms with Gasteiger partial charge in [0.15, 0.2) is 5.52 Å². The summed E-state index contributed by atoms with van der Waals surface area (Å²) in [4.78, 5) is 73.4. The van der Waals surface area contributed by atoms with Crippen LogP contribution in [0.2, 0.25) is 0 Å². The fourth-order valence-corrected chi connectivity index (χ4v) is 7.00. The molecule has 1 unspecified atom stereocenters. The summed E-state index contributed by atoms with van der Waals surface area (Å²) < 4.78 is 0. The second-order valence-electron chi connectivity index (χ2n) is 10.6. The van der Waals surface area contributed by atoms with Crippen LogP contribution in [-0.2, 0) is 30.4 Å². The standard InChI is InChI=1S/C31H48N3O6PS2/c1-6-23(20(3)35)16-42-18-27(37)14-22-12-25(30(39)33-11-9-8-10-28(32-5)31(40)41)15-26(13-22)34-29(38)19-43-17-24(7-2)21(4)36/h12-13,15,23-24,28,32H,6-11,14,16-19,41H2,1-5H3,(H,33,39)(H,34,38)/t23-,24-,28-/m0/s1. The van der Waals surface area contributed by atoms with Crippen LogP contribution in [0.25, 0.3) is 0 Å². The van der Waals surface area contributed by atoms with Gasteiger partial charge in [-0.05, 0) is 76.8 Å². The topological polar surface area (TPSA) is 139 Å². The molecule has 0 radical (unpaired) electrons. The van der Waals surface area contributed by atoms with Gasteiger partial charge in [0, 0.05) is 47.6 Å². The molecule has 9 nitrogen and oxygen atoms in total. The monoisotopic (exact) mass is 653 g/mol. The van der Waals surface area contributed by atoms with Gasteiger partial charge in [-0.25, -0.2) is 0 Å². The summed E-state index contributed by atoms with van der Waals surface area (Å²) in [5, 5.41) is 8.70. The lowest BCUT2D eigenvalue weighted by Crippen LogP contribution is -2.31. The molecule has 1 rings (SSSR count). The van der Waals surface area contributed by atoms with Crippen LogP contribution in [0.3, 0.4) is 0 Å². The van der Waals surface area contributed by atoms with Crippen LogP contribution in [-0.4, -0.2) is 77.3 Å². The minimum atomic E-state index is -0.319. The lowest BCUT2D eigenvalue weighted by Gasteiger charge is -2.14. The number of carbonyl (C=O) groups excluding carboxylic acids is 6. The number of benzene rings is 1. The number of anilines is 1. The van der Waals surface area contributed by atoms with E-state index in [0.29, 0.717) is 47.7 Å². The third kappa shape index (κ3) is 16.0. The van der Waals surface area contributed by atoms with Crippen molar-refractivity contribution in [3.05, 3.63) is 29.3 Å². The number of likely N-dealkylation sites (N-methyl/N-ethyl adjacent to an activating group) is 1. The van der Waals surface area contributed by atoms with E-state index >= 15 is 0 Å². The Labute approximate surface area is 267 Å². The summed E-state index contributed by atoms with van der Waals surface area (Å²) in [6, 6.07) is 4.72. The predicted molar refractivity (Wildman–Crippen MR) is 181 cm³/mol. The van der Waals surface area contributed by atoms with Gasteiger partial charge >= 0.3 is 0 Å². The molecule has 0 aliphatic rings. The van der Waals surface area contributed by atoms with Gasteiger partial charge in [-0.3, -0.25) is 28.8 Å². The van der Waals surface area contributed by atoms with Gasteiger partial charge in [0.05, 0.1) is 17.5 Å². The molecule has 0 aliphatic carbocycles. The molecule has 0 heterocycles. The van der Waals surface area contributed by atoms with Crippen LogP contribution >= 0.6 is 32.8 Å². The quantitative estimate of drug-likeness (QED) is 0.116. The van der Waals surface area contributed by atoms with Gasteiger partial charge in [-0.15, -0.1) is 0 Å². The number of unbranched alkanes of at least 4 members (excludes halogenated alkanes) is 1. The summed E-state index contributed by atoms with van der Waals surface area (Å²) in [6.45, 7) is 7.44. The molecule has 0 aliphatic heterocycles. The summed E-state index contributed by atoms with van der Waals surface area (Å²) in [7, 11) is 3.92. The third-order valence-electron chi connectivity index (χ3n) is 7.11. The maximum Gasteiger partial charge on any atom is 0.251 e. The molecule has 1 aromatic carbocycles. The molecule has 0 bridgehead atoms. The SMILES string of the molecule is CC[C@@H](CSCC(=O)Cc1cc(NC(=O)CSC[C@H](CC)C(C)=O)cc(C(=O)NCCCC[C@H](NC)C(=O)P)c1)C(C)=O. The van der Waals surface area contributed by atoms with Crippen molar-refractivity contribution in [1.29, 1.82) is 0 Å². The highest BCUT2D eigenvalue weighted by Crippen LogP contribution is 2.20. The van der Waals surface area contributed by atoms with Gasteiger partial charge in [0.2, 0.25) is 5.91 Å². The van der Waals surface area contributed by atoms with E-state index in [1.807, 2.05) is 13.8 Å². The number of hydrogen-bond acceptors (Lipinski definition) is 9. The van der Waals surface area contributed by atoms with Crippen molar-refractivity contribution in [2.24, 2.45) is 11.8 Å². The maximum atomic E-state index is 13.0. The Morgan fingerprint density at radius 3 is 2.00 bits per heavy atom. The van der Waals surface area contributed by atoms with Crippen molar-refractivity contribution in [2.45, 2.75) is 72.3 Å². The molecule has 1 aromatic rings. The van der Waals surface area contributed by atoms with Crippen LogP contribution < -0.4 is 16.0 Å². The summed E-state index contributed by atoms with van der Waals surface area (Å²) in [6.07, 6.45) is 3.65. The van der Waals surface area contributed by atoms with E-state index < -0.39 is 0 Å². The highest BCUT2D eigenvalue weighted by molar-refractivity contribution is 8.00. The second kappa shape index (κ2) is 21.6. The first-order valence-electron chi connectivity index (χ1n) is 14.8. The van der Waals surface area contributed by atoms with Crippen molar-refractivity contribution in [2.75, 3.05) is 41.9 Å². The highest BCUT2D eigenvalue weighted by Gasteiger charge is 2.17. The molecule has 4 atom stereocenters. The van der Waals surface area contributed by atoms with Gasteiger partial charge in [-0.2, -0.15) is 23.5 Å². The number of ketones is 3. The van der Waals surface area contributed by atoms with Gasteiger partial charge in [-0.1, -0.05) is 23.1 Å². The first-order chi connectivity index (χ1) is 20.4. The molecule has 240 valence electrons. The molecule has 0 saturated carbocycles. The number of Topliss-reactive ketones (excluding diaryl/α,β-unsaturated/α-hetero) is 3. The first-order valence-corrected chi connectivity index (χ1v) is 17.7. The average Bonchev–Trinajstić information content (AvgIpc) is 2.94. The summed E-state index contributed by atoms with van der Waals surface area (Å²) in [5.74, 6) is 0.999. The lowest BCUT2D eigenvalue weighted by atomic mass is 10.0. The van der Waals surface area contributed by atoms with E-state index in [-0.39, 0.29) is 70.5 Å². The lowest BCUT2D eigenvalue weighted by molar-refractivity contribution is -0.120. The Balaban J connectivity index is 2.90. The van der Waals surface area contributed by atoms with E-state index in [1.54, 1.807) is 39.1 Å². The molecular formula is C31H48N3O6PS2. The second-order valence-corrected chi connectivity index (χ2v) is 13.3. The Morgan fingerprint density at radius 1 is 0.860 bits per heavy atom. The van der Waals surface area contributed by atoms with E-state index in [2.05, 4.69) is 25.2 Å². The molecule has 12 heteroatoms. The van der Waals surface area contributed by atoms with Crippen LogP contribution in [0.4, 0.5) is 5.69 Å². The Morgan fingerprint density at radius 2 is 1.47 bits per heavy atom. The van der Waals surface area contributed by atoms with Crippen molar-refractivity contribution < 1.29 is 28.8 Å². The first kappa shape index (κ1) is 39.0. The zero-order valence-electron chi connectivity index (χ0n) is 26.1. The van der Waals surface area contributed by atoms with Gasteiger partial charge in [0.1, 0.15) is 17.3 Å². The molecule has 0 fully saturated rings. The largest absolute Gasteiger partial charge is 0.352 e. The summed E-state index contributed by atoms with van der Waals surface area (Å²) in [5.41, 5.74) is 1.36. The number of carbonyl (C=O) groups is 6. The third-order valence-corrected chi connectivity index (χ3v) is 9.78. The molecular weight excluding hydrogens is 605 g/mol. The van der Waals surface area contributed by atoms with Gasteiger partial charge in [0.25, 0.3) is 5.91 Å². The van der Waals surface area contributed by atoms with E-state index in [0.717, 1.165) is 19.3 Å². The van der Waals surface area contributed by atoms with Gasteiger partial charge < -0.3 is 16.0 Å². The Bertz CT molecular complexity index is 1060. The number of nitrogens with one attached hydrogen (secondary N) is 3. The van der Waals surface area contributed by atoms with Crippen molar-refractivity contribution in [3.8, 4) is 0 Å². The molecule has 0 spiro atoms. The highest BCUT2D eigenvalue weighted by atomic mass is 32.2. The molecule has 2 amide bonds. The minimum absolute atomic E-state index is 0.00246. The van der Waals surface area contributed by atoms with Crippen molar-refractivity contribution >= 4 is 73.1 Å². The number of hydrogen-bond donors (Lipinski definition) is 3. The fraction of sp³-hybridized carbons (Fsp3) is 0.613. The zero-order chi connectivity index (χ0) is 32.4. The number of rotatable bonds is 23. The number of thioether (sulfide) groups is 2. The van der Waals surface area contributed by atoms with Crippen LogP contribution in [0.15, 0.2) is 18.2 Å². The fourth-order valence-electron chi connectivity index (χ4n) is 4.33. The van der Waals surface area contributed by atoms with Crippen LogP contribution in [0, 0.1) is 11.8 Å². The Kier molecular flexibility index (Phi) is 19.6. The van der Waals surface area contributed by atoms with Crippen molar-refractivity contribution in [3.63, 3.8) is 0 Å². The van der Waals surface area contributed by atoms with E-state index in [9.17, 15) is 28.8 Å². The predicted octanol–water partition coefficient (Wildman–Crippen LogP) is 4.32. The molecule has 0 saturated heterocycles. The normalized spacial score (nSPS) is 13.1. The average molecular weight is 654 g/mol. The molecule has 0 aromatic heterocycles. The van der Waals surface area contributed by atoms with Crippen LogP contribution in [0.5, 0.6) is 0 Å². The zero-order valence-corrected chi connectivity index (χ0v) is 28.9. The smallest absolute Gasteiger partial charge is 0.251 e. The molecule has 3 N–H and O–H groups in total. The maximum absolute atomic E-state index is 13.0. The van der Waals surface area contributed by atoms with Crippen molar-refractivity contribution in [1.82, 2.24) is 10.6 Å². The van der Waals surface area contributed by atoms with Crippen LogP contribution in [0.1, 0.15) is 75.7 Å². The van der Waals surface area contributed by atoms with E-state index in [1.165, 1.54) is 23.5 Å². The molecule has 43 heavy (non-hydrogen) atoms. The number of amides is 2. The minimum Gasteiger partial charge on any atom is -0.352 e. The Hall–Kier alpha value is -2.07.